The van der Waals surface area contributed by atoms with E-state index in [4.69, 9.17) is 0 Å². The highest BCUT2D eigenvalue weighted by atomic mass is 32.2. The third-order valence-electron chi connectivity index (χ3n) is 4.46. The number of nitrogens with one attached hydrogen (secondary N) is 2. The van der Waals surface area contributed by atoms with Gasteiger partial charge in [0.15, 0.2) is 0 Å². The predicted molar refractivity (Wildman–Crippen MR) is 112 cm³/mol. The van der Waals surface area contributed by atoms with Gasteiger partial charge in [-0.1, -0.05) is 35.9 Å². The Kier molecular flexibility index (Phi) is 5.51. The highest BCUT2D eigenvalue weighted by Gasteiger charge is 2.16. The van der Waals surface area contributed by atoms with Gasteiger partial charge in [-0.2, -0.15) is 0 Å². The Hall–Kier alpha value is -3.12. The molecule has 0 unspecified atom stereocenters. The molecular weight excluding hydrogens is 372 g/mol. The summed E-state index contributed by atoms with van der Waals surface area (Å²) in [6, 6.07) is 19.0. The van der Waals surface area contributed by atoms with Crippen molar-refractivity contribution in [3.05, 3.63) is 89.0 Å². The zero-order chi connectivity index (χ0) is 20.3. The normalized spacial score (nSPS) is 11.1. The summed E-state index contributed by atoms with van der Waals surface area (Å²) in [7, 11) is -3.69. The van der Waals surface area contributed by atoms with Gasteiger partial charge >= 0.3 is 0 Å². The fourth-order valence-corrected chi connectivity index (χ4v) is 3.88. The van der Waals surface area contributed by atoms with Gasteiger partial charge in [0.2, 0.25) is 0 Å². The standard InChI is InChI=1S/C22H22N2O3S/c1-15-8-11-19(12-9-15)28(26,27)24-21-13-10-18(14-17(21)3)22(25)23-20-7-5-4-6-16(20)2/h4-14,24H,1-3H3,(H,23,25). The van der Waals surface area contributed by atoms with Crippen LogP contribution in [0.25, 0.3) is 0 Å². The number of carbonyl (C=O) groups excluding carboxylic acids is 1. The number of aryl methyl sites for hydroxylation is 3. The molecule has 0 aromatic heterocycles. The van der Waals surface area contributed by atoms with Crippen molar-refractivity contribution in [1.29, 1.82) is 0 Å². The van der Waals surface area contributed by atoms with Crippen LogP contribution in [0.3, 0.4) is 0 Å². The van der Waals surface area contributed by atoms with Crippen molar-refractivity contribution in [2.75, 3.05) is 10.0 Å². The molecular formula is C22H22N2O3S. The molecule has 0 aliphatic carbocycles. The average molecular weight is 394 g/mol. The lowest BCUT2D eigenvalue weighted by Gasteiger charge is -2.13. The third-order valence-corrected chi connectivity index (χ3v) is 5.84. The second-order valence-electron chi connectivity index (χ2n) is 6.72. The van der Waals surface area contributed by atoms with Crippen LogP contribution in [0.15, 0.2) is 71.6 Å². The fourth-order valence-electron chi connectivity index (χ4n) is 2.75. The Balaban J connectivity index is 1.79. The SMILES string of the molecule is Cc1ccc(S(=O)(=O)Nc2ccc(C(=O)Nc3ccccc3C)cc2C)cc1. The molecule has 0 aliphatic rings. The highest BCUT2D eigenvalue weighted by molar-refractivity contribution is 7.92. The molecule has 3 rings (SSSR count). The van der Waals surface area contributed by atoms with E-state index in [9.17, 15) is 13.2 Å². The van der Waals surface area contributed by atoms with Gasteiger partial charge in [0.1, 0.15) is 0 Å². The Morgan fingerprint density at radius 2 is 1.46 bits per heavy atom. The minimum Gasteiger partial charge on any atom is -0.322 e. The topological polar surface area (TPSA) is 75.3 Å². The molecule has 0 aliphatic heterocycles. The summed E-state index contributed by atoms with van der Waals surface area (Å²) in [6.45, 7) is 5.58. The maximum Gasteiger partial charge on any atom is 0.261 e. The quantitative estimate of drug-likeness (QED) is 0.661. The van der Waals surface area contributed by atoms with Crippen LogP contribution in [0.2, 0.25) is 0 Å². The number of benzene rings is 3. The van der Waals surface area contributed by atoms with Crippen LogP contribution >= 0.6 is 0 Å². The number of carbonyl (C=O) groups is 1. The molecule has 5 nitrogen and oxygen atoms in total. The zero-order valence-corrected chi connectivity index (χ0v) is 16.8. The summed E-state index contributed by atoms with van der Waals surface area (Å²) in [5, 5.41) is 2.87. The van der Waals surface area contributed by atoms with Gasteiger partial charge in [0.05, 0.1) is 10.6 Å². The largest absolute Gasteiger partial charge is 0.322 e. The van der Waals surface area contributed by atoms with Gasteiger partial charge in [0, 0.05) is 11.3 Å². The van der Waals surface area contributed by atoms with Crippen LogP contribution in [0, 0.1) is 20.8 Å². The van der Waals surface area contributed by atoms with Crippen molar-refractivity contribution in [1.82, 2.24) is 0 Å². The molecule has 144 valence electrons. The van der Waals surface area contributed by atoms with E-state index in [0.717, 1.165) is 16.8 Å². The summed E-state index contributed by atoms with van der Waals surface area (Å²) in [5.74, 6) is -0.245. The first-order valence-electron chi connectivity index (χ1n) is 8.83. The number of hydrogen-bond donors (Lipinski definition) is 2. The highest BCUT2D eigenvalue weighted by Crippen LogP contribution is 2.22. The lowest BCUT2D eigenvalue weighted by molar-refractivity contribution is 0.102. The number of hydrogen-bond acceptors (Lipinski definition) is 3. The zero-order valence-electron chi connectivity index (χ0n) is 16.0. The monoisotopic (exact) mass is 394 g/mol. The lowest BCUT2D eigenvalue weighted by atomic mass is 10.1. The van der Waals surface area contributed by atoms with E-state index in [1.165, 1.54) is 0 Å². The van der Waals surface area contributed by atoms with Crippen LogP contribution in [0.5, 0.6) is 0 Å². The van der Waals surface area contributed by atoms with Crippen molar-refractivity contribution in [2.24, 2.45) is 0 Å². The van der Waals surface area contributed by atoms with Crippen LogP contribution in [0.1, 0.15) is 27.0 Å². The van der Waals surface area contributed by atoms with E-state index in [1.54, 1.807) is 49.4 Å². The Morgan fingerprint density at radius 1 is 0.786 bits per heavy atom. The van der Waals surface area contributed by atoms with E-state index >= 15 is 0 Å². The molecule has 0 heterocycles. The fraction of sp³-hybridized carbons (Fsp3) is 0.136. The van der Waals surface area contributed by atoms with Crippen molar-refractivity contribution in [3.8, 4) is 0 Å². The van der Waals surface area contributed by atoms with Crippen molar-refractivity contribution in [3.63, 3.8) is 0 Å². The first-order chi connectivity index (χ1) is 13.3. The molecule has 2 N–H and O–H groups in total. The Labute approximate surface area is 165 Å². The first-order valence-corrected chi connectivity index (χ1v) is 10.3. The second-order valence-corrected chi connectivity index (χ2v) is 8.40. The van der Waals surface area contributed by atoms with Crippen LogP contribution in [-0.4, -0.2) is 14.3 Å². The molecule has 0 saturated heterocycles. The summed E-state index contributed by atoms with van der Waals surface area (Å²) < 4.78 is 27.7. The van der Waals surface area contributed by atoms with E-state index in [1.807, 2.05) is 38.1 Å². The van der Waals surface area contributed by atoms with Gasteiger partial charge in [-0.05, 0) is 68.3 Å². The van der Waals surface area contributed by atoms with Gasteiger partial charge in [-0.25, -0.2) is 8.42 Å². The summed E-state index contributed by atoms with van der Waals surface area (Å²) in [6.07, 6.45) is 0. The van der Waals surface area contributed by atoms with E-state index in [0.29, 0.717) is 16.8 Å². The third kappa shape index (κ3) is 4.40. The number of para-hydroxylation sites is 1. The predicted octanol–water partition coefficient (Wildman–Crippen LogP) is 4.66. The molecule has 0 atom stereocenters. The summed E-state index contributed by atoms with van der Waals surface area (Å²) in [5.41, 5.74) is 4.25. The number of anilines is 2. The van der Waals surface area contributed by atoms with Gasteiger partial charge < -0.3 is 5.32 Å². The minimum absolute atomic E-state index is 0.193. The molecule has 6 heteroatoms. The molecule has 0 fully saturated rings. The van der Waals surface area contributed by atoms with Crippen molar-refractivity contribution < 1.29 is 13.2 Å². The van der Waals surface area contributed by atoms with Crippen molar-refractivity contribution in [2.45, 2.75) is 25.7 Å². The van der Waals surface area contributed by atoms with E-state index < -0.39 is 10.0 Å². The lowest BCUT2D eigenvalue weighted by Crippen LogP contribution is -2.15. The molecule has 0 spiro atoms. The maximum atomic E-state index is 12.6. The van der Waals surface area contributed by atoms with Gasteiger partial charge in [-0.3, -0.25) is 9.52 Å². The average Bonchev–Trinajstić information content (AvgIpc) is 2.65. The number of amides is 1. The number of sulfonamides is 1. The molecule has 3 aromatic rings. The summed E-state index contributed by atoms with van der Waals surface area (Å²) >= 11 is 0. The molecule has 1 amide bonds. The Bertz CT molecular complexity index is 1120. The molecule has 0 bridgehead atoms. The van der Waals surface area contributed by atoms with Gasteiger partial charge in [-0.15, -0.1) is 0 Å². The van der Waals surface area contributed by atoms with Crippen LogP contribution in [0.4, 0.5) is 11.4 Å². The van der Waals surface area contributed by atoms with E-state index in [-0.39, 0.29) is 10.8 Å². The van der Waals surface area contributed by atoms with Crippen molar-refractivity contribution >= 4 is 27.3 Å². The first kappa shape index (κ1) is 19.6. The van der Waals surface area contributed by atoms with Crippen LogP contribution < -0.4 is 10.0 Å². The smallest absolute Gasteiger partial charge is 0.261 e. The molecule has 0 saturated carbocycles. The minimum atomic E-state index is -3.69. The molecule has 0 radical (unpaired) electrons. The molecule has 3 aromatic carbocycles. The molecule has 28 heavy (non-hydrogen) atoms. The van der Waals surface area contributed by atoms with Gasteiger partial charge in [0.25, 0.3) is 15.9 Å². The Morgan fingerprint density at radius 3 is 2.11 bits per heavy atom. The maximum absolute atomic E-state index is 12.6. The van der Waals surface area contributed by atoms with E-state index in [2.05, 4.69) is 10.0 Å². The summed E-state index contributed by atoms with van der Waals surface area (Å²) in [4.78, 5) is 12.7. The van der Waals surface area contributed by atoms with Crippen LogP contribution in [-0.2, 0) is 10.0 Å². The number of rotatable bonds is 5. The second kappa shape index (κ2) is 7.86.